The van der Waals surface area contributed by atoms with Crippen molar-refractivity contribution in [3.05, 3.63) is 23.8 Å². The minimum absolute atomic E-state index is 0.209. The number of hydrogen-bond donors (Lipinski definition) is 1. The number of alkyl halides is 3. The summed E-state index contributed by atoms with van der Waals surface area (Å²) in [5, 5.41) is 0. The van der Waals surface area contributed by atoms with Gasteiger partial charge in [0.1, 0.15) is 0 Å². The number of benzene rings is 1. The Morgan fingerprint density at radius 2 is 1.72 bits per heavy atom. The molecule has 3 nitrogen and oxygen atoms in total. The smallest absolute Gasteiger partial charge is 0.398 e. The number of nitrogens with zero attached hydrogens (tertiary/aromatic N) is 2. The molecule has 0 atom stereocenters. The average molecular weight is 259 g/mol. The van der Waals surface area contributed by atoms with Crippen LogP contribution >= 0.6 is 0 Å². The third-order valence-electron chi connectivity index (χ3n) is 3.21. The highest BCUT2D eigenvalue weighted by molar-refractivity contribution is 5.61. The van der Waals surface area contributed by atoms with Crippen LogP contribution in [0.2, 0.25) is 0 Å². The molecule has 18 heavy (non-hydrogen) atoms. The van der Waals surface area contributed by atoms with Crippen LogP contribution in [0.15, 0.2) is 18.2 Å². The van der Waals surface area contributed by atoms with Gasteiger partial charge in [0.25, 0.3) is 0 Å². The van der Waals surface area contributed by atoms with Crippen molar-refractivity contribution in [3.8, 4) is 0 Å². The molecule has 0 bridgehead atoms. The van der Waals surface area contributed by atoms with Crippen LogP contribution in [0.5, 0.6) is 0 Å². The lowest BCUT2D eigenvalue weighted by Crippen LogP contribution is -2.44. The SMILES string of the molecule is CN1CCN(c2ccc(C(F)(F)F)c(N)c2)CC1. The molecule has 1 aromatic rings. The molecule has 0 aromatic heterocycles. The van der Waals surface area contributed by atoms with Gasteiger partial charge >= 0.3 is 6.18 Å². The minimum Gasteiger partial charge on any atom is -0.398 e. The topological polar surface area (TPSA) is 32.5 Å². The second-order valence-corrected chi connectivity index (χ2v) is 4.56. The molecule has 0 radical (unpaired) electrons. The fourth-order valence-electron chi connectivity index (χ4n) is 2.07. The van der Waals surface area contributed by atoms with Crippen molar-refractivity contribution in [2.24, 2.45) is 0 Å². The minimum atomic E-state index is -4.38. The third kappa shape index (κ3) is 2.69. The standard InChI is InChI=1S/C12H16F3N3/c1-17-4-6-18(7-5-17)9-2-3-10(11(16)8-9)12(13,14)15/h2-3,8H,4-7,16H2,1H3. The van der Waals surface area contributed by atoms with E-state index in [1.165, 1.54) is 12.1 Å². The summed E-state index contributed by atoms with van der Waals surface area (Å²) in [7, 11) is 2.03. The normalized spacial score (nSPS) is 18.1. The Kier molecular flexibility index (Phi) is 3.38. The Labute approximate surface area is 104 Å². The number of piperazine rings is 1. The highest BCUT2D eigenvalue weighted by Crippen LogP contribution is 2.35. The van der Waals surface area contributed by atoms with Crippen LogP contribution in [0.4, 0.5) is 24.5 Å². The molecule has 100 valence electrons. The zero-order valence-electron chi connectivity index (χ0n) is 10.2. The molecule has 0 spiro atoms. The fraction of sp³-hybridized carbons (Fsp3) is 0.500. The number of halogens is 3. The first kappa shape index (κ1) is 13.0. The molecule has 1 aliphatic rings. The van der Waals surface area contributed by atoms with Crippen molar-refractivity contribution in [2.75, 3.05) is 43.9 Å². The molecule has 0 aliphatic carbocycles. The van der Waals surface area contributed by atoms with Crippen molar-refractivity contribution in [1.82, 2.24) is 4.90 Å². The van der Waals surface area contributed by atoms with Crippen LogP contribution in [-0.4, -0.2) is 38.1 Å². The van der Waals surface area contributed by atoms with Gasteiger partial charge in [0, 0.05) is 37.6 Å². The second kappa shape index (κ2) is 4.68. The van der Waals surface area contributed by atoms with E-state index in [1.807, 2.05) is 7.05 Å². The zero-order valence-corrected chi connectivity index (χ0v) is 10.2. The van der Waals surface area contributed by atoms with E-state index in [1.54, 1.807) is 0 Å². The average Bonchev–Trinajstić information content (AvgIpc) is 2.28. The highest BCUT2D eigenvalue weighted by Gasteiger charge is 2.33. The molecule has 0 amide bonds. The molecule has 1 fully saturated rings. The van der Waals surface area contributed by atoms with Gasteiger partial charge in [0.05, 0.1) is 5.56 Å². The largest absolute Gasteiger partial charge is 0.418 e. The number of rotatable bonds is 1. The van der Waals surface area contributed by atoms with Crippen LogP contribution in [-0.2, 0) is 6.18 Å². The van der Waals surface area contributed by atoms with E-state index >= 15 is 0 Å². The predicted octanol–water partition coefficient (Wildman–Crippen LogP) is 2.04. The number of anilines is 2. The van der Waals surface area contributed by atoms with Crippen molar-refractivity contribution in [1.29, 1.82) is 0 Å². The van der Waals surface area contributed by atoms with Gasteiger partial charge in [-0.25, -0.2) is 0 Å². The van der Waals surface area contributed by atoms with Gasteiger partial charge in [0.2, 0.25) is 0 Å². The lowest BCUT2D eigenvalue weighted by atomic mass is 10.1. The summed E-state index contributed by atoms with van der Waals surface area (Å²) >= 11 is 0. The van der Waals surface area contributed by atoms with Gasteiger partial charge in [-0.2, -0.15) is 13.2 Å². The molecule has 2 rings (SSSR count). The maximum absolute atomic E-state index is 12.6. The van der Waals surface area contributed by atoms with Crippen molar-refractivity contribution in [3.63, 3.8) is 0 Å². The van der Waals surface area contributed by atoms with Gasteiger partial charge in [-0.15, -0.1) is 0 Å². The summed E-state index contributed by atoms with van der Waals surface area (Å²) in [5.74, 6) is 0. The van der Waals surface area contributed by atoms with Gasteiger partial charge in [-0.3, -0.25) is 0 Å². The first-order chi connectivity index (χ1) is 8.38. The van der Waals surface area contributed by atoms with E-state index in [9.17, 15) is 13.2 Å². The highest BCUT2D eigenvalue weighted by atomic mass is 19.4. The summed E-state index contributed by atoms with van der Waals surface area (Å²) in [5.41, 5.74) is 5.27. The van der Waals surface area contributed by atoms with Crippen molar-refractivity contribution >= 4 is 11.4 Å². The van der Waals surface area contributed by atoms with Crippen molar-refractivity contribution in [2.45, 2.75) is 6.18 Å². The Morgan fingerprint density at radius 3 is 2.22 bits per heavy atom. The van der Waals surface area contributed by atoms with Crippen LogP contribution in [0.1, 0.15) is 5.56 Å². The molecule has 1 aliphatic heterocycles. The van der Waals surface area contributed by atoms with E-state index in [2.05, 4.69) is 9.80 Å². The molecule has 6 heteroatoms. The Morgan fingerprint density at radius 1 is 1.11 bits per heavy atom. The zero-order chi connectivity index (χ0) is 13.3. The molecular formula is C12H16F3N3. The predicted molar refractivity (Wildman–Crippen MR) is 65.6 cm³/mol. The fourth-order valence-corrected chi connectivity index (χ4v) is 2.07. The number of nitrogen functional groups attached to an aromatic ring is 1. The van der Waals surface area contributed by atoms with Gasteiger partial charge in [-0.05, 0) is 25.2 Å². The lowest BCUT2D eigenvalue weighted by molar-refractivity contribution is -0.136. The summed E-state index contributed by atoms with van der Waals surface area (Å²) in [6, 6.07) is 3.96. The van der Waals surface area contributed by atoms with Crippen LogP contribution in [0.25, 0.3) is 0 Å². The van der Waals surface area contributed by atoms with E-state index in [4.69, 9.17) is 5.73 Å². The van der Waals surface area contributed by atoms with E-state index in [-0.39, 0.29) is 5.69 Å². The maximum Gasteiger partial charge on any atom is 0.418 e. The molecule has 0 saturated carbocycles. The molecule has 2 N–H and O–H groups in total. The third-order valence-corrected chi connectivity index (χ3v) is 3.21. The number of likely N-dealkylation sites (N-methyl/N-ethyl adjacent to an activating group) is 1. The first-order valence-electron chi connectivity index (χ1n) is 5.78. The molecule has 1 heterocycles. The summed E-state index contributed by atoms with van der Waals surface area (Å²) in [6.45, 7) is 3.42. The Balaban J connectivity index is 2.19. The molecule has 0 unspecified atom stereocenters. The summed E-state index contributed by atoms with van der Waals surface area (Å²) in [4.78, 5) is 4.24. The maximum atomic E-state index is 12.6. The van der Waals surface area contributed by atoms with Gasteiger partial charge in [0.15, 0.2) is 0 Å². The molecule has 1 saturated heterocycles. The number of nitrogens with two attached hydrogens (primary N) is 1. The van der Waals surface area contributed by atoms with Gasteiger partial charge in [-0.1, -0.05) is 0 Å². The summed E-state index contributed by atoms with van der Waals surface area (Å²) < 4.78 is 37.7. The summed E-state index contributed by atoms with van der Waals surface area (Å²) in [6.07, 6.45) is -4.38. The van der Waals surface area contributed by atoms with Gasteiger partial charge < -0.3 is 15.5 Å². The molecule has 1 aromatic carbocycles. The Bertz CT molecular complexity index is 423. The first-order valence-corrected chi connectivity index (χ1v) is 5.78. The van der Waals surface area contributed by atoms with Crippen LogP contribution < -0.4 is 10.6 Å². The van der Waals surface area contributed by atoms with E-state index in [0.29, 0.717) is 0 Å². The monoisotopic (exact) mass is 259 g/mol. The van der Waals surface area contributed by atoms with Crippen LogP contribution in [0.3, 0.4) is 0 Å². The quantitative estimate of drug-likeness (QED) is 0.783. The lowest BCUT2D eigenvalue weighted by Gasteiger charge is -2.34. The van der Waals surface area contributed by atoms with Crippen LogP contribution in [0, 0.1) is 0 Å². The van der Waals surface area contributed by atoms with E-state index in [0.717, 1.165) is 37.9 Å². The number of hydrogen-bond acceptors (Lipinski definition) is 3. The molecular weight excluding hydrogens is 243 g/mol. The Hall–Kier alpha value is -1.43. The second-order valence-electron chi connectivity index (χ2n) is 4.56. The van der Waals surface area contributed by atoms with E-state index < -0.39 is 11.7 Å². The van der Waals surface area contributed by atoms with Crippen molar-refractivity contribution < 1.29 is 13.2 Å².